The molecule has 4 amide bonds. The number of rotatable bonds is 8. The monoisotopic (exact) mass is 520 g/mol. The second kappa shape index (κ2) is 12.4. The smallest absolute Gasteiger partial charge is 0.326 e. The number of carbonyl (C=O) groups is 2. The number of amides is 4. The fraction of sp³-hybridized carbons (Fsp3) is 0.167. The Balaban J connectivity index is 1.61. The maximum absolute atomic E-state index is 13.0. The van der Waals surface area contributed by atoms with E-state index in [-0.39, 0.29) is 11.1 Å². The van der Waals surface area contributed by atoms with Gasteiger partial charge in [0.05, 0.1) is 22.8 Å². The molecule has 7 nitrogen and oxygen atoms in total. The van der Waals surface area contributed by atoms with Gasteiger partial charge in [0.15, 0.2) is 0 Å². The van der Waals surface area contributed by atoms with Gasteiger partial charge in [0.2, 0.25) is 0 Å². The minimum atomic E-state index is -0.427. The molecule has 10 heteroatoms. The molecule has 3 N–H and O–H groups in total. The summed E-state index contributed by atoms with van der Waals surface area (Å²) in [7, 11) is 1.58. The summed E-state index contributed by atoms with van der Waals surface area (Å²) in [5.41, 5.74) is 1.66. The van der Waals surface area contributed by atoms with Crippen molar-refractivity contribution in [3.05, 3.63) is 81.8 Å². The van der Waals surface area contributed by atoms with Crippen molar-refractivity contribution in [3.8, 4) is 5.75 Å². The van der Waals surface area contributed by atoms with Crippen LogP contribution in [0, 0.1) is 0 Å². The third kappa shape index (κ3) is 7.18. The molecule has 0 aliphatic heterocycles. The number of hydrogen-bond acceptors (Lipinski definition) is 3. The summed E-state index contributed by atoms with van der Waals surface area (Å²) in [4.78, 5) is 26.8. The number of hydrogen-bond donors (Lipinski definition) is 3. The van der Waals surface area contributed by atoms with Crippen LogP contribution in [0.2, 0.25) is 15.1 Å². The fourth-order valence-corrected chi connectivity index (χ4v) is 3.61. The van der Waals surface area contributed by atoms with Gasteiger partial charge in [0.1, 0.15) is 5.75 Å². The van der Waals surface area contributed by atoms with Crippen LogP contribution < -0.4 is 25.6 Å². The zero-order valence-electron chi connectivity index (χ0n) is 18.3. The lowest BCUT2D eigenvalue weighted by Crippen LogP contribution is -2.38. The van der Waals surface area contributed by atoms with Gasteiger partial charge in [0, 0.05) is 29.5 Å². The largest absolute Gasteiger partial charge is 0.497 e. The predicted octanol–water partition coefficient (Wildman–Crippen LogP) is 6.91. The van der Waals surface area contributed by atoms with Gasteiger partial charge in [-0.05, 0) is 61.0 Å². The van der Waals surface area contributed by atoms with Crippen molar-refractivity contribution < 1.29 is 14.3 Å². The number of ether oxygens (including phenoxy) is 1. The summed E-state index contributed by atoms with van der Waals surface area (Å²) < 4.78 is 5.20. The number of nitrogens with one attached hydrogen (secondary N) is 3. The number of nitrogens with zero attached hydrogens (tertiary/aromatic N) is 1. The standard InChI is InChI=1S/C24H23Cl3N4O3/c1-34-19-11-9-18(10-12-19)31(24(33)29-17-6-2-5-16(25)15-17)14-4-13-28-23(32)30-21-8-3-7-20(26)22(21)27/h2-3,5-12,15H,4,13-14H2,1H3,(H,29,33)(H2,28,30,32). The van der Waals surface area contributed by atoms with Gasteiger partial charge in [-0.25, -0.2) is 9.59 Å². The lowest BCUT2D eigenvalue weighted by atomic mass is 10.2. The van der Waals surface area contributed by atoms with E-state index in [1.54, 1.807) is 78.7 Å². The number of anilines is 3. The fourth-order valence-electron chi connectivity index (χ4n) is 3.07. The van der Waals surface area contributed by atoms with E-state index in [2.05, 4.69) is 16.0 Å². The molecule has 0 atom stereocenters. The number of methoxy groups -OCH3 is 1. The number of urea groups is 2. The van der Waals surface area contributed by atoms with E-state index < -0.39 is 6.03 Å². The van der Waals surface area contributed by atoms with Crippen molar-refractivity contribution in [1.29, 1.82) is 0 Å². The molecular weight excluding hydrogens is 499 g/mol. The Morgan fingerprint density at radius 3 is 2.38 bits per heavy atom. The van der Waals surface area contributed by atoms with Gasteiger partial charge in [-0.2, -0.15) is 0 Å². The normalized spacial score (nSPS) is 10.4. The molecule has 3 aromatic rings. The highest BCUT2D eigenvalue weighted by Gasteiger charge is 2.16. The topological polar surface area (TPSA) is 82.7 Å². The van der Waals surface area contributed by atoms with Crippen molar-refractivity contribution in [2.75, 3.05) is 35.7 Å². The second-order valence-electron chi connectivity index (χ2n) is 7.13. The average Bonchev–Trinajstić information content (AvgIpc) is 2.82. The van der Waals surface area contributed by atoms with E-state index in [0.717, 1.165) is 0 Å². The Hall–Kier alpha value is -3.13. The van der Waals surface area contributed by atoms with Crippen LogP contribution in [-0.4, -0.2) is 32.3 Å². The molecule has 0 saturated heterocycles. The summed E-state index contributed by atoms with van der Waals surface area (Å²) in [6.07, 6.45) is 0.492. The molecule has 3 rings (SSSR count). The first kappa shape index (κ1) is 25.5. The van der Waals surface area contributed by atoms with Crippen LogP contribution in [-0.2, 0) is 0 Å². The van der Waals surface area contributed by atoms with Gasteiger partial charge in [0.25, 0.3) is 0 Å². The maximum Gasteiger partial charge on any atom is 0.326 e. The van der Waals surface area contributed by atoms with Crippen LogP contribution in [0.1, 0.15) is 6.42 Å². The van der Waals surface area contributed by atoms with Gasteiger partial charge >= 0.3 is 12.1 Å². The molecule has 0 bridgehead atoms. The molecule has 3 aromatic carbocycles. The first-order chi connectivity index (χ1) is 16.4. The molecule has 178 valence electrons. The zero-order valence-corrected chi connectivity index (χ0v) is 20.5. The van der Waals surface area contributed by atoms with Gasteiger partial charge in [-0.1, -0.05) is 46.9 Å². The molecule has 0 aliphatic rings. The Morgan fingerprint density at radius 2 is 1.68 bits per heavy atom. The van der Waals surface area contributed by atoms with Crippen LogP contribution in [0.25, 0.3) is 0 Å². The Kier molecular flexibility index (Phi) is 9.27. The highest BCUT2D eigenvalue weighted by molar-refractivity contribution is 6.44. The number of carbonyl (C=O) groups excluding carboxylic acids is 2. The SMILES string of the molecule is COc1ccc(N(CCCNC(=O)Nc2cccc(Cl)c2Cl)C(=O)Nc2cccc(Cl)c2)cc1. The van der Waals surface area contributed by atoms with Crippen molar-refractivity contribution in [1.82, 2.24) is 5.32 Å². The van der Waals surface area contributed by atoms with E-state index in [9.17, 15) is 9.59 Å². The summed E-state index contributed by atoms with van der Waals surface area (Å²) in [5, 5.41) is 9.39. The molecule has 0 aliphatic carbocycles. The van der Waals surface area contributed by atoms with Crippen molar-refractivity contribution in [2.24, 2.45) is 0 Å². The zero-order chi connectivity index (χ0) is 24.5. The molecule has 0 spiro atoms. The summed E-state index contributed by atoms with van der Waals surface area (Å²) in [5.74, 6) is 0.678. The lowest BCUT2D eigenvalue weighted by molar-refractivity contribution is 0.252. The Morgan fingerprint density at radius 1 is 0.941 bits per heavy atom. The minimum Gasteiger partial charge on any atom is -0.497 e. The molecule has 34 heavy (non-hydrogen) atoms. The third-order valence-electron chi connectivity index (χ3n) is 4.75. The molecule has 0 fully saturated rings. The molecule has 0 aromatic heterocycles. The average molecular weight is 522 g/mol. The van der Waals surface area contributed by atoms with E-state index in [0.29, 0.717) is 52.4 Å². The summed E-state index contributed by atoms with van der Waals surface area (Å²) >= 11 is 18.1. The first-order valence-corrected chi connectivity index (χ1v) is 11.5. The van der Waals surface area contributed by atoms with Crippen LogP contribution in [0.3, 0.4) is 0 Å². The Labute approximate surface area is 212 Å². The van der Waals surface area contributed by atoms with Gasteiger partial charge in [-0.3, -0.25) is 4.90 Å². The third-order valence-corrected chi connectivity index (χ3v) is 5.80. The van der Waals surface area contributed by atoms with Crippen LogP contribution >= 0.6 is 34.8 Å². The Bertz CT molecular complexity index is 1140. The van der Waals surface area contributed by atoms with Crippen LogP contribution in [0.15, 0.2) is 66.7 Å². The predicted molar refractivity (Wildman–Crippen MR) is 139 cm³/mol. The van der Waals surface area contributed by atoms with Crippen molar-refractivity contribution in [2.45, 2.75) is 6.42 Å². The quantitative estimate of drug-likeness (QED) is 0.282. The molecule has 0 radical (unpaired) electrons. The number of benzene rings is 3. The maximum atomic E-state index is 13.0. The molecule has 0 unspecified atom stereocenters. The van der Waals surface area contributed by atoms with E-state index >= 15 is 0 Å². The van der Waals surface area contributed by atoms with Crippen LogP contribution in [0.4, 0.5) is 26.7 Å². The summed E-state index contributed by atoms with van der Waals surface area (Å²) in [6.45, 7) is 0.665. The van der Waals surface area contributed by atoms with Crippen LogP contribution in [0.5, 0.6) is 5.75 Å². The van der Waals surface area contributed by atoms with Crippen molar-refractivity contribution in [3.63, 3.8) is 0 Å². The molecular formula is C24H23Cl3N4O3. The highest BCUT2D eigenvalue weighted by Crippen LogP contribution is 2.29. The van der Waals surface area contributed by atoms with E-state index in [1.807, 2.05) is 0 Å². The van der Waals surface area contributed by atoms with Crippen molar-refractivity contribution >= 4 is 63.9 Å². The lowest BCUT2D eigenvalue weighted by Gasteiger charge is -2.24. The second-order valence-corrected chi connectivity index (χ2v) is 8.35. The molecule has 0 heterocycles. The van der Waals surface area contributed by atoms with Gasteiger partial charge < -0.3 is 20.7 Å². The first-order valence-electron chi connectivity index (χ1n) is 10.3. The highest BCUT2D eigenvalue weighted by atomic mass is 35.5. The molecule has 0 saturated carbocycles. The number of halogens is 3. The minimum absolute atomic E-state index is 0.266. The van der Waals surface area contributed by atoms with E-state index in [1.165, 1.54) is 0 Å². The summed E-state index contributed by atoms with van der Waals surface area (Å²) in [6, 6.07) is 18.2. The van der Waals surface area contributed by atoms with E-state index in [4.69, 9.17) is 39.5 Å². The van der Waals surface area contributed by atoms with Gasteiger partial charge in [-0.15, -0.1) is 0 Å².